The molecule has 0 aliphatic heterocycles. The number of aromatic amines is 1. The molecule has 2 heterocycles. The number of H-pyrrole nitrogens is 1. The van der Waals surface area contributed by atoms with E-state index in [1.165, 1.54) is 17.4 Å². The molecule has 1 fully saturated rings. The number of fused-ring (bicyclic) bond motifs is 1. The number of benzene rings is 1. The highest BCUT2D eigenvalue weighted by molar-refractivity contribution is 7.71. The van der Waals surface area contributed by atoms with E-state index >= 15 is 0 Å². The number of thiazole rings is 1. The van der Waals surface area contributed by atoms with Crippen LogP contribution in [0.15, 0.2) is 18.2 Å². The predicted octanol–water partition coefficient (Wildman–Crippen LogP) is 4.56. The Balaban J connectivity index is 1.45. The normalized spacial score (nSPS) is 15.0. The van der Waals surface area contributed by atoms with Crippen molar-refractivity contribution in [3.05, 3.63) is 34.4 Å². The van der Waals surface area contributed by atoms with Gasteiger partial charge < -0.3 is 9.88 Å². The molecule has 5 nitrogen and oxygen atoms in total. The standard InChI is InChI=1S/C15H14F3N5S2/c16-15(17,18)8-1-4-11-10(7-8)20-13(25-11)19-6-5-12-21-22-14(24)23(12)9-2-3-9/h1,4,7,9H,2-3,5-6H2,(H,19,20)(H,22,24). The Morgan fingerprint density at radius 2 is 2.16 bits per heavy atom. The molecule has 3 aromatic rings. The average Bonchev–Trinajstić information content (AvgIpc) is 3.19. The second-order valence-corrected chi connectivity index (χ2v) is 7.34. The van der Waals surface area contributed by atoms with E-state index in [0.717, 1.165) is 35.5 Å². The molecular weight excluding hydrogens is 371 g/mol. The zero-order valence-electron chi connectivity index (χ0n) is 12.9. The molecule has 2 N–H and O–H groups in total. The van der Waals surface area contributed by atoms with Crippen molar-refractivity contribution in [1.82, 2.24) is 19.7 Å². The van der Waals surface area contributed by atoms with Gasteiger partial charge in [0, 0.05) is 19.0 Å². The molecule has 0 unspecified atom stereocenters. The van der Waals surface area contributed by atoms with Crippen LogP contribution in [0.3, 0.4) is 0 Å². The van der Waals surface area contributed by atoms with Gasteiger partial charge in [0.2, 0.25) is 0 Å². The lowest BCUT2D eigenvalue weighted by Gasteiger charge is -2.05. The number of aromatic nitrogens is 4. The first-order chi connectivity index (χ1) is 11.9. The van der Waals surface area contributed by atoms with Gasteiger partial charge in [-0.1, -0.05) is 11.3 Å². The smallest absolute Gasteiger partial charge is 0.361 e. The summed E-state index contributed by atoms with van der Waals surface area (Å²) in [6, 6.07) is 4.07. The molecule has 0 amide bonds. The molecule has 10 heteroatoms. The van der Waals surface area contributed by atoms with Crippen LogP contribution in [0.1, 0.15) is 30.3 Å². The number of halogens is 3. The van der Waals surface area contributed by atoms with Gasteiger partial charge in [-0.05, 0) is 43.3 Å². The molecule has 132 valence electrons. The number of alkyl halides is 3. The van der Waals surface area contributed by atoms with Crippen LogP contribution in [0.2, 0.25) is 0 Å². The van der Waals surface area contributed by atoms with Crippen molar-refractivity contribution >= 4 is 38.9 Å². The van der Waals surface area contributed by atoms with Gasteiger partial charge in [-0.2, -0.15) is 18.3 Å². The van der Waals surface area contributed by atoms with Crippen LogP contribution in [0.4, 0.5) is 18.3 Å². The number of hydrogen-bond acceptors (Lipinski definition) is 5. The third kappa shape index (κ3) is 3.40. The van der Waals surface area contributed by atoms with E-state index in [1.54, 1.807) is 0 Å². The van der Waals surface area contributed by atoms with Gasteiger partial charge in [-0.15, -0.1) is 0 Å². The van der Waals surface area contributed by atoms with Crippen molar-refractivity contribution in [3.63, 3.8) is 0 Å². The highest BCUT2D eigenvalue weighted by Crippen LogP contribution is 2.36. The van der Waals surface area contributed by atoms with Crippen LogP contribution in [0.25, 0.3) is 10.2 Å². The topological polar surface area (TPSA) is 58.5 Å². The lowest BCUT2D eigenvalue weighted by molar-refractivity contribution is -0.137. The summed E-state index contributed by atoms with van der Waals surface area (Å²) in [5.74, 6) is 0.889. The van der Waals surface area contributed by atoms with Gasteiger partial charge in [-0.25, -0.2) is 4.98 Å². The number of nitrogens with zero attached hydrogens (tertiary/aromatic N) is 3. The minimum absolute atomic E-state index is 0.350. The van der Waals surface area contributed by atoms with Gasteiger partial charge in [0.25, 0.3) is 0 Å². The van der Waals surface area contributed by atoms with Crippen molar-refractivity contribution in [2.75, 3.05) is 11.9 Å². The van der Waals surface area contributed by atoms with E-state index in [1.807, 2.05) is 4.57 Å². The molecule has 0 bridgehead atoms. The van der Waals surface area contributed by atoms with Gasteiger partial charge in [-0.3, -0.25) is 5.10 Å². The van der Waals surface area contributed by atoms with Crippen LogP contribution >= 0.6 is 23.6 Å². The minimum Gasteiger partial charge on any atom is -0.361 e. The quantitative estimate of drug-likeness (QED) is 0.632. The lowest BCUT2D eigenvalue weighted by Crippen LogP contribution is -2.10. The summed E-state index contributed by atoms with van der Waals surface area (Å²) in [5, 5.41) is 10.8. The van der Waals surface area contributed by atoms with Crippen molar-refractivity contribution in [2.24, 2.45) is 0 Å². The lowest BCUT2D eigenvalue weighted by atomic mass is 10.2. The molecule has 0 spiro atoms. The van der Waals surface area contributed by atoms with Crippen LogP contribution in [0, 0.1) is 4.77 Å². The molecule has 0 atom stereocenters. The summed E-state index contributed by atoms with van der Waals surface area (Å²) in [4.78, 5) is 4.24. The third-order valence-electron chi connectivity index (χ3n) is 4.03. The largest absolute Gasteiger partial charge is 0.416 e. The van der Waals surface area contributed by atoms with Crippen LogP contribution < -0.4 is 5.32 Å². The Kier molecular flexibility index (Phi) is 4.03. The summed E-state index contributed by atoms with van der Waals surface area (Å²) in [6.45, 7) is 0.582. The van der Waals surface area contributed by atoms with E-state index in [-0.39, 0.29) is 0 Å². The predicted molar refractivity (Wildman–Crippen MR) is 92.5 cm³/mol. The van der Waals surface area contributed by atoms with E-state index in [2.05, 4.69) is 20.5 Å². The van der Waals surface area contributed by atoms with Crippen molar-refractivity contribution < 1.29 is 13.2 Å². The summed E-state index contributed by atoms with van der Waals surface area (Å²) in [6.07, 6.45) is -1.46. The van der Waals surface area contributed by atoms with Gasteiger partial charge in [0.05, 0.1) is 15.8 Å². The summed E-state index contributed by atoms with van der Waals surface area (Å²) in [7, 11) is 0. The fourth-order valence-corrected chi connectivity index (χ4v) is 3.86. The second kappa shape index (κ2) is 6.10. The Labute approximate surface area is 149 Å². The minimum atomic E-state index is -4.36. The van der Waals surface area contributed by atoms with Crippen molar-refractivity contribution in [2.45, 2.75) is 31.5 Å². The molecule has 1 saturated carbocycles. The zero-order valence-corrected chi connectivity index (χ0v) is 14.6. The van der Waals surface area contributed by atoms with E-state index < -0.39 is 11.7 Å². The monoisotopic (exact) mass is 385 g/mol. The molecule has 4 rings (SSSR count). The van der Waals surface area contributed by atoms with Gasteiger partial charge >= 0.3 is 6.18 Å². The molecule has 1 aliphatic rings. The zero-order chi connectivity index (χ0) is 17.6. The molecule has 25 heavy (non-hydrogen) atoms. The highest BCUT2D eigenvalue weighted by Gasteiger charge is 2.31. The van der Waals surface area contributed by atoms with E-state index in [4.69, 9.17) is 12.2 Å². The molecular formula is C15H14F3N5S2. The molecule has 2 aromatic heterocycles. The third-order valence-corrected chi connectivity index (χ3v) is 5.31. The fraction of sp³-hybridized carbons (Fsp3) is 0.400. The first kappa shape index (κ1) is 16.5. The van der Waals surface area contributed by atoms with Gasteiger partial charge in [0.15, 0.2) is 9.90 Å². The van der Waals surface area contributed by atoms with Crippen LogP contribution in [0.5, 0.6) is 0 Å². The molecule has 1 aliphatic carbocycles. The second-order valence-electron chi connectivity index (χ2n) is 5.92. The maximum atomic E-state index is 12.8. The Morgan fingerprint density at radius 3 is 2.88 bits per heavy atom. The first-order valence-electron chi connectivity index (χ1n) is 7.79. The maximum Gasteiger partial charge on any atom is 0.416 e. The molecule has 0 radical (unpaired) electrons. The Morgan fingerprint density at radius 1 is 1.36 bits per heavy atom. The number of rotatable bonds is 5. The SMILES string of the molecule is FC(F)(F)c1ccc2sc(NCCc3n[nH]c(=S)n3C3CC3)nc2c1. The van der Waals surface area contributed by atoms with E-state index in [9.17, 15) is 13.2 Å². The van der Waals surface area contributed by atoms with E-state index in [0.29, 0.717) is 34.4 Å². The highest BCUT2D eigenvalue weighted by atomic mass is 32.1. The first-order valence-corrected chi connectivity index (χ1v) is 9.02. The number of anilines is 1. The van der Waals surface area contributed by atoms with Crippen molar-refractivity contribution in [1.29, 1.82) is 0 Å². The van der Waals surface area contributed by atoms with Crippen LogP contribution in [-0.2, 0) is 12.6 Å². The van der Waals surface area contributed by atoms with Crippen molar-refractivity contribution in [3.8, 4) is 0 Å². The summed E-state index contributed by atoms with van der Waals surface area (Å²) in [5.41, 5.74) is -0.334. The molecule has 0 saturated heterocycles. The van der Waals surface area contributed by atoms with Crippen LogP contribution in [-0.4, -0.2) is 26.3 Å². The fourth-order valence-electron chi connectivity index (χ4n) is 2.68. The number of hydrogen-bond donors (Lipinski definition) is 2. The summed E-state index contributed by atoms with van der Waals surface area (Å²) >= 11 is 6.58. The molecule has 1 aromatic carbocycles. The maximum absolute atomic E-state index is 12.8. The Bertz CT molecular complexity index is 968. The van der Waals surface area contributed by atoms with Gasteiger partial charge in [0.1, 0.15) is 5.82 Å². The Hall–Kier alpha value is -1.94. The number of nitrogens with one attached hydrogen (secondary N) is 2. The average molecular weight is 385 g/mol. The summed E-state index contributed by atoms with van der Waals surface area (Å²) < 4.78 is 41.7.